The first-order chi connectivity index (χ1) is 10.7. The van der Waals surface area contributed by atoms with Gasteiger partial charge in [0, 0.05) is 4.90 Å². The van der Waals surface area contributed by atoms with Crippen LogP contribution in [0.4, 0.5) is 5.69 Å². The number of imide groups is 1. The quantitative estimate of drug-likeness (QED) is 0.467. The Bertz CT molecular complexity index is 674. The maximum Gasteiger partial charge on any atom is 0.266 e. The lowest BCUT2D eigenvalue weighted by molar-refractivity contribution is 0.0926. The molecule has 0 radical (unpaired) electrons. The van der Waals surface area contributed by atoms with Gasteiger partial charge in [-0.15, -0.1) is 11.8 Å². The lowest BCUT2D eigenvalue weighted by atomic mass is 10.1. The van der Waals surface area contributed by atoms with Gasteiger partial charge in [-0.2, -0.15) is 0 Å². The van der Waals surface area contributed by atoms with Crippen molar-refractivity contribution in [1.29, 1.82) is 0 Å². The van der Waals surface area contributed by atoms with Gasteiger partial charge in [-0.3, -0.25) is 9.59 Å². The molecule has 2 amide bonds. The summed E-state index contributed by atoms with van der Waals surface area (Å²) in [7, 11) is 0. The Labute approximate surface area is 134 Å². The van der Waals surface area contributed by atoms with E-state index in [0.717, 1.165) is 10.6 Å². The van der Waals surface area contributed by atoms with Gasteiger partial charge in [0.2, 0.25) is 0 Å². The van der Waals surface area contributed by atoms with Crippen molar-refractivity contribution in [1.82, 2.24) is 0 Å². The standard InChI is InChI=1S/C18H17NO2S/c1-2-3-12-22-14-10-8-13(9-11-14)19-17(20)15-6-4-5-7-16(15)18(19)21/h4-11H,2-3,12H2,1H3. The highest BCUT2D eigenvalue weighted by Crippen LogP contribution is 2.30. The Morgan fingerprint density at radius 3 is 2.05 bits per heavy atom. The fourth-order valence-electron chi connectivity index (χ4n) is 2.45. The molecule has 1 aliphatic heterocycles. The molecule has 0 fully saturated rings. The summed E-state index contributed by atoms with van der Waals surface area (Å²) in [5.41, 5.74) is 1.59. The van der Waals surface area contributed by atoms with Crippen LogP contribution in [0.5, 0.6) is 0 Å². The molecule has 3 rings (SSSR count). The molecule has 1 aliphatic rings. The first-order valence-electron chi connectivity index (χ1n) is 7.43. The predicted octanol–water partition coefficient (Wildman–Crippen LogP) is 4.38. The van der Waals surface area contributed by atoms with Crippen molar-refractivity contribution >= 4 is 29.3 Å². The second-order valence-electron chi connectivity index (χ2n) is 5.19. The molecule has 2 aromatic carbocycles. The minimum absolute atomic E-state index is 0.244. The Morgan fingerprint density at radius 2 is 1.50 bits per heavy atom. The van der Waals surface area contributed by atoms with Gasteiger partial charge in [-0.25, -0.2) is 4.90 Å². The Morgan fingerprint density at radius 1 is 0.909 bits per heavy atom. The van der Waals surface area contributed by atoms with Gasteiger partial charge in [-0.05, 0) is 48.6 Å². The first-order valence-corrected chi connectivity index (χ1v) is 8.41. The van der Waals surface area contributed by atoms with Gasteiger partial charge < -0.3 is 0 Å². The van der Waals surface area contributed by atoms with Gasteiger partial charge in [-0.1, -0.05) is 25.5 Å². The molecular formula is C18H17NO2S. The molecule has 0 saturated heterocycles. The van der Waals surface area contributed by atoms with Crippen molar-refractivity contribution in [2.45, 2.75) is 24.7 Å². The minimum Gasteiger partial charge on any atom is -0.268 e. The lowest BCUT2D eigenvalue weighted by Gasteiger charge is -2.14. The first kappa shape index (κ1) is 14.9. The summed E-state index contributed by atoms with van der Waals surface area (Å²) in [6, 6.07) is 14.6. The number of hydrogen-bond donors (Lipinski definition) is 0. The molecular weight excluding hydrogens is 294 g/mol. The normalized spacial score (nSPS) is 13.6. The summed E-state index contributed by atoms with van der Waals surface area (Å²) in [6.45, 7) is 2.17. The number of carbonyl (C=O) groups excluding carboxylic acids is 2. The summed E-state index contributed by atoms with van der Waals surface area (Å²) >= 11 is 1.80. The number of hydrogen-bond acceptors (Lipinski definition) is 3. The SMILES string of the molecule is CCCCSc1ccc(N2C(=O)c3ccccc3C2=O)cc1. The maximum atomic E-state index is 12.4. The van der Waals surface area contributed by atoms with Crippen LogP contribution in [-0.2, 0) is 0 Å². The lowest BCUT2D eigenvalue weighted by Crippen LogP contribution is -2.29. The van der Waals surface area contributed by atoms with Gasteiger partial charge in [0.05, 0.1) is 16.8 Å². The average Bonchev–Trinajstić information content (AvgIpc) is 2.81. The molecule has 22 heavy (non-hydrogen) atoms. The summed E-state index contributed by atoms with van der Waals surface area (Å²) < 4.78 is 0. The molecule has 0 bridgehead atoms. The Balaban J connectivity index is 1.81. The summed E-state index contributed by atoms with van der Waals surface area (Å²) in [5, 5.41) is 0. The summed E-state index contributed by atoms with van der Waals surface area (Å²) in [4.78, 5) is 27.2. The number of amides is 2. The number of carbonyl (C=O) groups is 2. The highest BCUT2D eigenvalue weighted by atomic mass is 32.2. The summed E-state index contributed by atoms with van der Waals surface area (Å²) in [5.74, 6) is 0.599. The van der Waals surface area contributed by atoms with Crippen molar-refractivity contribution in [3.63, 3.8) is 0 Å². The van der Waals surface area contributed by atoms with Crippen molar-refractivity contribution in [2.24, 2.45) is 0 Å². The number of thioether (sulfide) groups is 1. The van der Waals surface area contributed by atoms with Crippen molar-refractivity contribution in [2.75, 3.05) is 10.7 Å². The van der Waals surface area contributed by atoms with E-state index in [1.165, 1.54) is 17.7 Å². The molecule has 0 aliphatic carbocycles. The van der Waals surface area contributed by atoms with Gasteiger partial charge >= 0.3 is 0 Å². The van der Waals surface area contributed by atoms with Crippen molar-refractivity contribution in [3.05, 3.63) is 59.7 Å². The van der Waals surface area contributed by atoms with E-state index in [9.17, 15) is 9.59 Å². The highest BCUT2D eigenvalue weighted by molar-refractivity contribution is 7.99. The molecule has 1 heterocycles. The average molecular weight is 311 g/mol. The van der Waals surface area contributed by atoms with Crippen LogP contribution in [0.2, 0.25) is 0 Å². The second kappa shape index (κ2) is 6.36. The Kier molecular flexibility index (Phi) is 4.29. The van der Waals surface area contributed by atoms with Crippen LogP contribution in [0.25, 0.3) is 0 Å². The van der Waals surface area contributed by atoms with Crippen LogP contribution in [0.15, 0.2) is 53.4 Å². The molecule has 4 heteroatoms. The number of anilines is 1. The van der Waals surface area contributed by atoms with Crippen LogP contribution in [0, 0.1) is 0 Å². The molecule has 0 spiro atoms. The maximum absolute atomic E-state index is 12.4. The van der Waals surface area contributed by atoms with Crippen LogP contribution in [0.1, 0.15) is 40.5 Å². The van der Waals surface area contributed by atoms with E-state index in [0.29, 0.717) is 16.8 Å². The molecule has 0 saturated carbocycles. The smallest absolute Gasteiger partial charge is 0.266 e. The Hall–Kier alpha value is -2.07. The molecule has 112 valence electrons. The van der Waals surface area contributed by atoms with Gasteiger partial charge in [0.1, 0.15) is 0 Å². The molecule has 3 nitrogen and oxygen atoms in total. The van der Waals surface area contributed by atoms with Crippen LogP contribution in [0.3, 0.4) is 0 Å². The van der Waals surface area contributed by atoms with Crippen LogP contribution in [-0.4, -0.2) is 17.6 Å². The largest absolute Gasteiger partial charge is 0.268 e. The van der Waals surface area contributed by atoms with E-state index in [-0.39, 0.29) is 11.8 Å². The topological polar surface area (TPSA) is 37.4 Å². The molecule has 0 atom stereocenters. The number of rotatable bonds is 5. The van der Waals surface area contributed by atoms with E-state index in [1.54, 1.807) is 36.0 Å². The van der Waals surface area contributed by atoms with Crippen molar-refractivity contribution in [3.8, 4) is 0 Å². The highest BCUT2D eigenvalue weighted by Gasteiger charge is 2.36. The number of unbranched alkanes of at least 4 members (excludes halogenated alkanes) is 1. The zero-order valence-corrected chi connectivity index (χ0v) is 13.2. The number of benzene rings is 2. The molecule has 0 aromatic heterocycles. The van der Waals surface area contributed by atoms with Crippen LogP contribution < -0.4 is 4.90 Å². The predicted molar refractivity (Wildman–Crippen MR) is 89.7 cm³/mol. The zero-order valence-electron chi connectivity index (χ0n) is 12.4. The van der Waals surface area contributed by atoms with E-state index < -0.39 is 0 Å². The fraction of sp³-hybridized carbons (Fsp3) is 0.222. The van der Waals surface area contributed by atoms with E-state index in [1.807, 2.05) is 24.3 Å². The summed E-state index contributed by atoms with van der Waals surface area (Å²) in [6.07, 6.45) is 2.37. The van der Waals surface area contributed by atoms with Gasteiger partial charge in [0.15, 0.2) is 0 Å². The van der Waals surface area contributed by atoms with Gasteiger partial charge in [0.25, 0.3) is 11.8 Å². The second-order valence-corrected chi connectivity index (χ2v) is 6.36. The molecule has 0 N–H and O–H groups in total. The monoisotopic (exact) mass is 311 g/mol. The van der Waals surface area contributed by atoms with E-state index in [4.69, 9.17) is 0 Å². The third kappa shape index (κ3) is 2.66. The molecule has 2 aromatic rings. The number of nitrogens with zero attached hydrogens (tertiary/aromatic N) is 1. The van der Waals surface area contributed by atoms with E-state index >= 15 is 0 Å². The fourth-order valence-corrected chi connectivity index (χ4v) is 3.45. The third-order valence-corrected chi connectivity index (χ3v) is 4.75. The number of fused-ring (bicyclic) bond motifs is 1. The third-order valence-electron chi connectivity index (χ3n) is 3.66. The molecule has 0 unspecified atom stereocenters. The van der Waals surface area contributed by atoms with E-state index in [2.05, 4.69) is 6.92 Å². The zero-order chi connectivity index (χ0) is 15.5. The minimum atomic E-state index is -0.244. The van der Waals surface area contributed by atoms with Crippen molar-refractivity contribution < 1.29 is 9.59 Å². The van der Waals surface area contributed by atoms with Crippen LogP contribution >= 0.6 is 11.8 Å².